The molecule has 156 valence electrons. The molecule has 1 saturated carbocycles. The van der Waals surface area contributed by atoms with E-state index in [0.29, 0.717) is 0 Å². The van der Waals surface area contributed by atoms with Crippen LogP contribution in [0.1, 0.15) is 68.2 Å². The van der Waals surface area contributed by atoms with E-state index in [1.807, 2.05) is 6.07 Å². The lowest BCUT2D eigenvalue weighted by molar-refractivity contribution is 0.113. The van der Waals surface area contributed by atoms with Crippen LogP contribution < -0.4 is 5.32 Å². The number of aryl methyl sites for hydroxylation is 1. The molecule has 1 fully saturated rings. The van der Waals surface area contributed by atoms with E-state index in [-0.39, 0.29) is 11.6 Å². The molecular formula is C26H35ClN2. The molecule has 0 saturated heterocycles. The van der Waals surface area contributed by atoms with Gasteiger partial charge in [-0.1, -0.05) is 80.8 Å². The summed E-state index contributed by atoms with van der Waals surface area (Å²) >= 11 is 6.31. The first kappa shape index (κ1) is 21.9. The molecule has 1 unspecified atom stereocenters. The molecule has 1 aliphatic carbocycles. The van der Waals surface area contributed by atoms with Crippen LogP contribution in [0.4, 0.5) is 0 Å². The number of likely N-dealkylation sites (N-methyl/N-ethyl adjacent to an activating group) is 1. The molecule has 0 aliphatic heterocycles. The van der Waals surface area contributed by atoms with Gasteiger partial charge in [0.05, 0.1) is 6.04 Å². The smallest absolute Gasteiger partial charge is 0.0697 e. The Bertz CT molecular complexity index is 807. The van der Waals surface area contributed by atoms with Crippen LogP contribution in [0, 0.1) is 0 Å². The Hall–Kier alpha value is -1.77. The summed E-state index contributed by atoms with van der Waals surface area (Å²) in [7, 11) is 4.45. The maximum atomic E-state index is 6.31. The topological polar surface area (TPSA) is 15.3 Å². The van der Waals surface area contributed by atoms with Crippen molar-refractivity contribution in [1.29, 1.82) is 0 Å². The van der Waals surface area contributed by atoms with Crippen molar-refractivity contribution in [2.45, 2.75) is 63.5 Å². The number of nitrogens with zero attached hydrogens (tertiary/aromatic N) is 1. The maximum absolute atomic E-state index is 6.31. The molecule has 0 aromatic heterocycles. The molecule has 0 radical (unpaired) electrons. The van der Waals surface area contributed by atoms with Gasteiger partial charge < -0.3 is 10.2 Å². The zero-order chi connectivity index (χ0) is 20.9. The zero-order valence-corrected chi connectivity index (χ0v) is 18.9. The van der Waals surface area contributed by atoms with Crippen LogP contribution in [0.3, 0.4) is 0 Å². The first-order valence-corrected chi connectivity index (χ1v) is 11.3. The number of hydrogen-bond donors (Lipinski definition) is 1. The molecule has 1 aliphatic rings. The van der Waals surface area contributed by atoms with E-state index in [1.165, 1.54) is 48.8 Å². The molecule has 2 aromatic rings. The van der Waals surface area contributed by atoms with E-state index < -0.39 is 0 Å². The molecule has 2 nitrogen and oxygen atoms in total. The molecular weight excluding hydrogens is 376 g/mol. The van der Waals surface area contributed by atoms with Crippen LogP contribution in [0.5, 0.6) is 0 Å². The van der Waals surface area contributed by atoms with Crippen LogP contribution >= 0.6 is 11.6 Å². The minimum Gasteiger partial charge on any atom is -0.376 e. The van der Waals surface area contributed by atoms with Crippen molar-refractivity contribution < 1.29 is 0 Å². The van der Waals surface area contributed by atoms with Gasteiger partial charge in [0.25, 0.3) is 0 Å². The van der Waals surface area contributed by atoms with Crippen molar-refractivity contribution >= 4 is 17.3 Å². The number of unbranched alkanes of at least 4 members (excludes halogenated alkanes) is 1. The molecule has 0 heterocycles. The third kappa shape index (κ3) is 4.87. The summed E-state index contributed by atoms with van der Waals surface area (Å²) in [5.41, 5.74) is 4.90. The first-order chi connectivity index (χ1) is 14.0. The van der Waals surface area contributed by atoms with Gasteiger partial charge in [-0.15, -0.1) is 0 Å². The molecule has 0 amide bonds. The van der Waals surface area contributed by atoms with E-state index in [0.717, 1.165) is 23.6 Å². The van der Waals surface area contributed by atoms with Gasteiger partial charge in [0.2, 0.25) is 0 Å². The molecule has 2 aromatic carbocycles. The minimum atomic E-state index is 0.0975. The Kier molecular flexibility index (Phi) is 7.43. The highest BCUT2D eigenvalue weighted by Gasteiger charge is 2.44. The van der Waals surface area contributed by atoms with Crippen LogP contribution in [0.2, 0.25) is 5.02 Å². The van der Waals surface area contributed by atoms with Crippen molar-refractivity contribution in [2.75, 3.05) is 14.1 Å². The summed E-state index contributed by atoms with van der Waals surface area (Å²) in [4.78, 5) is 2.43. The summed E-state index contributed by atoms with van der Waals surface area (Å²) in [5.74, 6) is 0. The fraction of sp³-hybridized carbons (Fsp3) is 0.462. The van der Waals surface area contributed by atoms with Crippen molar-refractivity contribution in [1.82, 2.24) is 10.2 Å². The highest BCUT2D eigenvalue weighted by atomic mass is 35.5. The predicted molar refractivity (Wildman–Crippen MR) is 126 cm³/mol. The fourth-order valence-electron chi connectivity index (χ4n) is 4.84. The van der Waals surface area contributed by atoms with Crippen molar-refractivity contribution in [3.63, 3.8) is 0 Å². The van der Waals surface area contributed by atoms with Crippen LogP contribution in [-0.4, -0.2) is 24.5 Å². The quantitative estimate of drug-likeness (QED) is 0.485. The Labute approximate surface area is 182 Å². The Morgan fingerprint density at radius 3 is 2.45 bits per heavy atom. The number of nitrogens with one attached hydrogen (secondary N) is 1. The SMILES string of the molecule is C=C(NC(c1ccccc1)C1(N(C)C)CCCC1)c1ccc(Cl)cc1CCCC. The monoisotopic (exact) mass is 410 g/mol. The maximum Gasteiger partial charge on any atom is 0.0697 e. The van der Waals surface area contributed by atoms with E-state index in [1.54, 1.807) is 0 Å². The largest absolute Gasteiger partial charge is 0.376 e. The summed E-state index contributed by atoms with van der Waals surface area (Å²) in [6.07, 6.45) is 8.30. The van der Waals surface area contributed by atoms with Crippen molar-refractivity contribution in [3.8, 4) is 0 Å². The van der Waals surface area contributed by atoms with Crippen LogP contribution in [-0.2, 0) is 6.42 Å². The summed E-state index contributed by atoms with van der Waals surface area (Å²) in [5, 5.41) is 4.67. The number of hydrogen-bond acceptors (Lipinski definition) is 2. The van der Waals surface area contributed by atoms with Gasteiger partial charge >= 0.3 is 0 Å². The lowest BCUT2D eigenvalue weighted by Gasteiger charge is -2.44. The molecule has 0 bridgehead atoms. The van der Waals surface area contributed by atoms with Crippen molar-refractivity contribution in [3.05, 3.63) is 76.8 Å². The lowest BCUT2D eigenvalue weighted by Crippen LogP contribution is -2.51. The standard InChI is InChI=1S/C26H35ClN2/c1-5-6-12-22-19-23(27)15-16-24(22)20(2)28-25(21-13-8-7-9-14-21)26(29(3)4)17-10-11-18-26/h7-9,13-16,19,25,28H,2,5-6,10-12,17-18H2,1,3-4H3. The van der Waals surface area contributed by atoms with Gasteiger partial charge in [-0.25, -0.2) is 0 Å². The van der Waals surface area contributed by atoms with Gasteiger partial charge in [0.15, 0.2) is 0 Å². The summed E-state index contributed by atoms with van der Waals surface area (Å²) < 4.78 is 0. The second-order valence-corrected chi connectivity index (χ2v) is 9.01. The Morgan fingerprint density at radius 1 is 1.14 bits per heavy atom. The van der Waals surface area contributed by atoms with Gasteiger partial charge in [-0.05, 0) is 63.0 Å². The molecule has 3 heteroatoms. The second-order valence-electron chi connectivity index (χ2n) is 8.58. The average Bonchev–Trinajstić information content (AvgIpc) is 3.22. The van der Waals surface area contributed by atoms with Crippen molar-refractivity contribution in [2.24, 2.45) is 0 Å². The third-order valence-electron chi connectivity index (χ3n) is 6.54. The minimum absolute atomic E-state index is 0.0975. The first-order valence-electron chi connectivity index (χ1n) is 10.9. The van der Waals surface area contributed by atoms with E-state index >= 15 is 0 Å². The van der Waals surface area contributed by atoms with Crippen LogP contribution in [0.25, 0.3) is 5.70 Å². The Balaban J connectivity index is 1.96. The van der Waals surface area contributed by atoms with E-state index in [2.05, 4.69) is 80.3 Å². The molecule has 3 rings (SSSR count). The summed E-state index contributed by atoms with van der Waals surface area (Å²) in [6.45, 7) is 6.70. The third-order valence-corrected chi connectivity index (χ3v) is 6.78. The van der Waals surface area contributed by atoms with E-state index in [9.17, 15) is 0 Å². The molecule has 29 heavy (non-hydrogen) atoms. The average molecular weight is 411 g/mol. The normalized spacial score (nSPS) is 16.7. The highest BCUT2D eigenvalue weighted by molar-refractivity contribution is 6.30. The zero-order valence-electron chi connectivity index (χ0n) is 18.2. The van der Waals surface area contributed by atoms with Crippen LogP contribution in [0.15, 0.2) is 55.1 Å². The predicted octanol–water partition coefficient (Wildman–Crippen LogP) is 6.86. The Morgan fingerprint density at radius 2 is 1.83 bits per heavy atom. The molecule has 1 N–H and O–H groups in total. The fourth-order valence-corrected chi connectivity index (χ4v) is 5.03. The van der Waals surface area contributed by atoms with Gasteiger partial charge in [-0.2, -0.15) is 0 Å². The number of benzene rings is 2. The van der Waals surface area contributed by atoms with Gasteiger partial charge in [0.1, 0.15) is 0 Å². The molecule has 1 atom stereocenters. The highest BCUT2D eigenvalue weighted by Crippen LogP contribution is 2.44. The van der Waals surface area contributed by atoms with E-state index in [4.69, 9.17) is 11.6 Å². The number of rotatable bonds is 9. The second kappa shape index (κ2) is 9.82. The lowest BCUT2D eigenvalue weighted by atomic mass is 9.82. The van der Waals surface area contributed by atoms with Gasteiger partial charge in [0, 0.05) is 21.8 Å². The number of halogens is 1. The summed E-state index contributed by atoms with van der Waals surface area (Å²) in [6, 6.07) is 17.3. The molecule has 0 spiro atoms. The van der Waals surface area contributed by atoms with Gasteiger partial charge in [-0.3, -0.25) is 0 Å².